The van der Waals surface area contributed by atoms with Crippen LogP contribution in [0.1, 0.15) is 31.9 Å². The topological polar surface area (TPSA) is 83.7 Å². The van der Waals surface area contributed by atoms with E-state index in [0.29, 0.717) is 17.4 Å². The summed E-state index contributed by atoms with van der Waals surface area (Å²) < 4.78 is 0. The third-order valence-corrected chi connectivity index (χ3v) is 3.92. The Bertz CT molecular complexity index is 519. The Morgan fingerprint density at radius 2 is 1.81 bits per heavy atom. The van der Waals surface area contributed by atoms with Crippen LogP contribution in [-0.2, 0) is 4.79 Å². The Kier molecular flexibility index (Phi) is 4.57. The van der Waals surface area contributed by atoms with Gasteiger partial charge in [0.1, 0.15) is 6.04 Å². The van der Waals surface area contributed by atoms with Crippen LogP contribution in [0.4, 0.5) is 5.69 Å². The number of benzene rings is 1. The van der Waals surface area contributed by atoms with Crippen LogP contribution >= 0.6 is 0 Å². The van der Waals surface area contributed by atoms with Gasteiger partial charge in [0.25, 0.3) is 5.69 Å². The van der Waals surface area contributed by atoms with E-state index in [4.69, 9.17) is 0 Å². The predicted molar refractivity (Wildman–Crippen MR) is 78.0 cm³/mol. The maximum absolute atomic E-state index is 11.7. The molecule has 21 heavy (non-hydrogen) atoms. The average molecular weight is 292 g/mol. The minimum absolute atomic E-state index is 0.0248. The lowest BCUT2D eigenvalue weighted by molar-refractivity contribution is -0.384. The fourth-order valence-corrected chi connectivity index (χ4v) is 3.21. The van der Waals surface area contributed by atoms with Crippen LogP contribution in [0.5, 0.6) is 0 Å². The third kappa shape index (κ3) is 3.58. The van der Waals surface area contributed by atoms with Crippen molar-refractivity contribution < 1.29 is 14.8 Å². The first kappa shape index (κ1) is 15.4. The smallest absolute Gasteiger partial charge is 0.325 e. The minimum Gasteiger partial charge on any atom is -0.480 e. The lowest BCUT2D eigenvalue weighted by Crippen LogP contribution is -2.43. The zero-order valence-electron chi connectivity index (χ0n) is 12.2. The Morgan fingerprint density at radius 3 is 2.24 bits per heavy atom. The molecule has 1 aliphatic heterocycles. The highest BCUT2D eigenvalue weighted by Crippen LogP contribution is 2.30. The largest absolute Gasteiger partial charge is 0.480 e. The zero-order valence-corrected chi connectivity index (χ0v) is 12.2. The lowest BCUT2D eigenvalue weighted by atomic mass is 9.89. The zero-order chi connectivity index (χ0) is 15.6. The first-order chi connectivity index (χ1) is 9.88. The molecule has 0 radical (unpaired) electrons. The Labute approximate surface area is 123 Å². The van der Waals surface area contributed by atoms with Crippen molar-refractivity contribution in [1.29, 1.82) is 0 Å². The molecule has 0 saturated carbocycles. The van der Waals surface area contributed by atoms with Gasteiger partial charge in [-0.1, -0.05) is 26.0 Å². The number of hydrogen-bond donors (Lipinski definition) is 1. The fraction of sp³-hybridized carbons (Fsp3) is 0.533. The minimum atomic E-state index is -0.912. The van der Waals surface area contributed by atoms with E-state index in [1.54, 1.807) is 12.1 Å². The van der Waals surface area contributed by atoms with E-state index in [2.05, 4.69) is 13.8 Å². The van der Waals surface area contributed by atoms with Crippen LogP contribution in [0.2, 0.25) is 0 Å². The molecule has 3 atom stereocenters. The highest BCUT2D eigenvalue weighted by Gasteiger charge is 2.32. The van der Waals surface area contributed by atoms with Gasteiger partial charge < -0.3 is 5.11 Å². The molecular formula is C15H20N2O4. The molecule has 6 nitrogen and oxygen atoms in total. The summed E-state index contributed by atoms with van der Waals surface area (Å²) in [7, 11) is 0. The van der Waals surface area contributed by atoms with E-state index in [1.165, 1.54) is 12.1 Å². The van der Waals surface area contributed by atoms with Crippen molar-refractivity contribution in [3.8, 4) is 0 Å². The van der Waals surface area contributed by atoms with Gasteiger partial charge in [0.15, 0.2) is 0 Å². The third-order valence-electron chi connectivity index (χ3n) is 3.92. The number of likely N-dealkylation sites (tertiary alicyclic amines) is 1. The van der Waals surface area contributed by atoms with Crippen molar-refractivity contribution >= 4 is 11.7 Å². The van der Waals surface area contributed by atoms with Crippen molar-refractivity contribution in [1.82, 2.24) is 4.90 Å². The maximum Gasteiger partial charge on any atom is 0.325 e. The van der Waals surface area contributed by atoms with E-state index in [1.807, 2.05) is 4.90 Å². The van der Waals surface area contributed by atoms with Gasteiger partial charge in [0.2, 0.25) is 0 Å². The monoisotopic (exact) mass is 292 g/mol. The number of nitro benzene ring substituents is 1. The van der Waals surface area contributed by atoms with Crippen molar-refractivity contribution in [2.45, 2.75) is 26.3 Å². The number of piperidine rings is 1. The normalized spacial score (nSPS) is 24.5. The highest BCUT2D eigenvalue weighted by molar-refractivity contribution is 5.75. The number of carbonyl (C=O) groups is 1. The number of rotatable bonds is 4. The van der Waals surface area contributed by atoms with Crippen LogP contribution in [0, 0.1) is 22.0 Å². The molecule has 0 aromatic heterocycles. The average Bonchev–Trinajstić information content (AvgIpc) is 2.37. The molecule has 2 rings (SSSR count). The number of aliphatic carboxylic acids is 1. The summed E-state index contributed by atoms with van der Waals surface area (Å²) >= 11 is 0. The first-order valence-corrected chi connectivity index (χ1v) is 7.09. The van der Waals surface area contributed by atoms with Gasteiger partial charge in [0.05, 0.1) is 4.92 Å². The van der Waals surface area contributed by atoms with Crippen LogP contribution in [0.15, 0.2) is 24.3 Å². The quantitative estimate of drug-likeness (QED) is 0.681. The maximum atomic E-state index is 11.7. The van der Waals surface area contributed by atoms with Gasteiger partial charge in [-0.15, -0.1) is 0 Å². The first-order valence-electron chi connectivity index (χ1n) is 7.09. The molecule has 114 valence electrons. The van der Waals surface area contributed by atoms with E-state index >= 15 is 0 Å². The molecule has 1 aromatic carbocycles. The van der Waals surface area contributed by atoms with Crippen LogP contribution in [0.3, 0.4) is 0 Å². The second kappa shape index (κ2) is 6.22. The summed E-state index contributed by atoms with van der Waals surface area (Å²) in [6.45, 7) is 5.71. The van der Waals surface area contributed by atoms with Gasteiger partial charge in [-0.05, 0) is 23.8 Å². The van der Waals surface area contributed by atoms with Crippen LogP contribution in [-0.4, -0.2) is 34.0 Å². The summed E-state index contributed by atoms with van der Waals surface area (Å²) in [4.78, 5) is 23.8. The molecule has 0 aliphatic carbocycles. The standard InChI is InChI=1S/C15H20N2O4/c1-10-7-11(2)9-16(8-10)14(15(18)19)12-3-5-13(6-4-12)17(20)21/h3-6,10-11,14H,7-9H2,1-2H3,(H,18,19). The van der Waals surface area contributed by atoms with Crippen LogP contribution in [0.25, 0.3) is 0 Å². The molecule has 3 unspecified atom stereocenters. The Hall–Kier alpha value is -1.95. The Balaban J connectivity index is 2.26. The number of nitrogens with zero attached hydrogens (tertiary/aromatic N) is 2. The Morgan fingerprint density at radius 1 is 1.29 bits per heavy atom. The van der Waals surface area contributed by atoms with E-state index in [0.717, 1.165) is 19.5 Å². The van der Waals surface area contributed by atoms with Gasteiger partial charge in [-0.3, -0.25) is 19.8 Å². The van der Waals surface area contributed by atoms with E-state index < -0.39 is 16.9 Å². The number of carboxylic acids is 1. The molecule has 1 N–H and O–H groups in total. The summed E-state index contributed by atoms with van der Waals surface area (Å²) in [6.07, 6.45) is 1.10. The molecule has 1 aliphatic rings. The number of non-ortho nitro benzene ring substituents is 1. The molecule has 0 spiro atoms. The molecule has 1 heterocycles. The molecular weight excluding hydrogens is 272 g/mol. The summed E-state index contributed by atoms with van der Waals surface area (Å²) in [5.74, 6) is -0.00699. The van der Waals surface area contributed by atoms with Crippen molar-refractivity contribution in [3.05, 3.63) is 39.9 Å². The molecule has 0 bridgehead atoms. The second-order valence-corrected chi connectivity index (χ2v) is 5.99. The van der Waals surface area contributed by atoms with Crippen molar-refractivity contribution in [2.24, 2.45) is 11.8 Å². The number of hydrogen-bond acceptors (Lipinski definition) is 4. The summed E-state index contributed by atoms with van der Waals surface area (Å²) in [5.41, 5.74) is 0.567. The van der Waals surface area contributed by atoms with E-state index in [9.17, 15) is 20.0 Å². The van der Waals surface area contributed by atoms with Crippen molar-refractivity contribution in [2.75, 3.05) is 13.1 Å². The lowest BCUT2D eigenvalue weighted by Gasteiger charge is -2.38. The molecule has 6 heteroatoms. The number of carboxylic acid groups (broad SMARTS) is 1. The van der Waals surface area contributed by atoms with Gasteiger partial charge in [0, 0.05) is 25.2 Å². The van der Waals surface area contributed by atoms with Gasteiger partial charge >= 0.3 is 5.97 Å². The number of nitro groups is 1. The summed E-state index contributed by atoms with van der Waals surface area (Å²) in [6, 6.07) is 5.07. The van der Waals surface area contributed by atoms with Crippen LogP contribution < -0.4 is 0 Å². The summed E-state index contributed by atoms with van der Waals surface area (Å²) in [5, 5.41) is 20.2. The molecule has 1 saturated heterocycles. The molecule has 1 fully saturated rings. The predicted octanol–water partition coefficient (Wildman–Crippen LogP) is 2.70. The second-order valence-electron chi connectivity index (χ2n) is 5.99. The van der Waals surface area contributed by atoms with Gasteiger partial charge in [-0.25, -0.2) is 0 Å². The van der Waals surface area contributed by atoms with Gasteiger partial charge in [-0.2, -0.15) is 0 Å². The fourth-order valence-electron chi connectivity index (χ4n) is 3.21. The molecule has 1 aromatic rings. The van der Waals surface area contributed by atoms with Crippen molar-refractivity contribution in [3.63, 3.8) is 0 Å². The molecule has 0 amide bonds. The van der Waals surface area contributed by atoms with E-state index in [-0.39, 0.29) is 5.69 Å². The highest BCUT2D eigenvalue weighted by atomic mass is 16.6. The SMILES string of the molecule is CC1CC(C)CN(C(C(=O)O)c2ccc([N+](=O)[O-])cc2)C1.